The van der Waals surface area contributed by atoms with Crippen molar-refractivity contribution in [2.24, 2.45) is 0 Å². The van der Waals surface area contributed by atoms with Gasteiger partial charge in [0.2, 0.25) is 5.89 Å². The third-order valence-electron chi connectivity index (χ3n) is 2.60. The summed E-state index contributed by atoms with van der Waals surface area (Å²) in [7, 11) is 0. The lowest BCUT2D eigenvalue weighted by Gasteiger charge is -1.88. The van der Waals surface area contributed by atoms with Gasteiger partial charge in [-0.3, -0.25) is 0 Å². The Morgan fingerprint density at radius 1 is 1.61 bits per heavy atom. The number of hydrogen-bond donors (Lipinski definition) is 0. The first kappa shape index (κ1) is 11.1. The molecule has 2 aromatic rings. The lowest BCUT2D eigenvalue weighted by Crippen LogP contribution is -2.01. The summed E-state index contributed by atoms with van der Waals surface area (Å²) in [6.07, 6.45) is 3.52. The van der Waals surface area contributed by atoms with Crippen LogP contribution in [0.25, 0.3) is 0 Å². The van der Waals surface area contributed by atoms with E-state index >= 15 is 0 Å². The van der Waals surface area contributed by atoms with Crippen LogP contribution in [0.1, 0.15) is 30.5 Å². The fourth-order valence-corrected chi connectivity index (χ4v) is 1.79. The van der Waals surface area contributed by atoms with Crippen LogP contribution in [0.15, 0.2) is 10.7 Å². The number of aromatic nitrogens is 4. The number of hydrogen-bond acceptors (Lipinski definition) is 6. The summed E-state index contributed by atoms with van der Waals surface area (Å²) in [6, 6.07) is 0. The monoisotopic (exact) mass is 269 g/mol. The van der Waals surface area contributed by atoms with Crippen LogP contribution in [0.5, 0.6) is 0 Å². The van der Waals surface area contributed by atoms with Gasteiger partial charge in [-0.25, -0.2) is 0 Å². The van der Waals surface area contributed by atoms with Crippen LogP contribution in [0, 0.1) is 10.1 Å². The molecule has 8 nitrogen and oxygen atoms in total. The van der Waals surface area contributed by atoms with Gasteiger partial charge in [-0.2, -0.15) is 9.67 Å². The molecule has 0 unspecified atom stereocenters. The zero-order chi connectivity index (χ0) is 12.7. The predicted molar refractivity (Wildman–Crippen MR) is 59.3 cm³/mol. The molecule has 9 heteroatoms. The molecule has 2 heterocycles. The molecule has 18 heavy (non-hydrogen) atoms. The van der Waals surface area contributed by atoms with Crippen LogP contribution in [-0.4, -0.2) is 24.8 Å². The molecule has 0 atom stereocenters. The van der Waals surface area contributed by atoms with E-state index in [1.807, 2.05) is 0 Å². The minimum atomic E-state index is -0.637. The summed E-state index contributed by atoms with van der Waals surface area (Å²) in [5.74, 6) is 1.08. The fraction of sp³-hybridized carbons (Fsp3) is 0.444. The van der Waals surface area contributed by atoms with Crippen molar-refractivity contribution in [3.8, 4) is 0 Å². The van der Waals surface area contributed by atoms with Crippen molar-refractivity contribution in [3.63, 3.8) is 0 Å². The van der Waals surface area contributed by atoms with Gasteiger partial charge in [-0.15, -0.1) is 0 Å². The lowest BCUT2D eigenvalue weighted by molar-refractivity contribution is -0.389. The Hall–Kier alpha value is -1.96. The van der Waals surface area contributed by atoms with Crippen LogP contribution in [0.4, 0.5) is 5.82 Å². The second kappa shape index (κ2) is 4.05. The standard InChI is InChI=1S/C9H8ClN5O3/c10-6-3-14(12-9(6)15(16)17)4-7-11-8(13-18-7)5-1-2-5/h3,5H,1-2,4H2. The molecule has 0 aromatic carbocycles. The SMILES string of the molecule is O=[N+]([O-])c1nn(Cc2nc(C3CC3)no2)cc1Cl. The third kappa shape index (κ3) is 2.06. The molecular weight excluding hydrogens is 262 g/mol. The average Bonchev–Trinajstić information content (AvgIpc) is 2.95. The van der Waals surface area contributed by atoms with E-state index in [0.717, 1.165) is 12.8 Å². The molecule has 0 saturated heterocycles. The molecular formula is C9H8ClN5O3. The van der Waals surface area contributed by atoms with E-state index in [1.165, 1.54) is 10.9 Å². The average molecular weight is 270 g/mol. The summed E-state index contributed by atoms with van der Waals surface area (Å²) >= 11 is 5.68. The Balaban J connectivity index is 1.78. The van der Waals surface area contributed by atoms with Crippen molar-refractivity contribution >= 4 is 17.4 Å². The molecule has 0 amide bonds. The van der Waals surface area contributed by atoms with Crippen LogP contribution in [0.2, 0.25) is 5.02 Å². The molecule has 1 fully saturated rings. The molecule has 1 aliphatic carbocycles. The Morgan fingerprint density at radius 2 is 2.39 bits per heavy atom. The highest BCUT2D eigenvalue weighted by Gasteiger charge is 2.29. The predicted octanol–water partition coefficient (Wildman–Crippen LogP) is 1.75. The minimum Gasteiger partial charge on any atom is -0.358 e. The van der Waals surface area contributed by atoms with Gasteiger partial charge >= 0.3 is 5.82 Å². The zero-order valence-corrected chi connectivity index (χ0v) is 9.87. The minimum absolute atomic E-state index is 0.0121. The summed E-state index contributed by atoms with van der Waals surface area (Å²) in [6.45, 7) is 0.174. The highest BCUT2D eigenvalue weighted by Crippen LogP contribution is 2.38. The van der Waals surface area contributed by atoms with Crippen molar-refractivity contribution in [2.45, 2.75) is 25.3 Å². The van der Waals surface area contributed by atoms with Gasteiger partial charge in [-0.05, 0) is 17.8 Å². The van der Waals surface area contributed by atoms with Gasteiger partial charge in [0.25, 0.3) is 0 Å². The molecule has 0 aliphatic heterocycles. The van der Waals surface area contributed by atoms with Gasteiger partial charge < -0.3 is 14.6 Å². The summed E-state index contributed by atoms with van der Waals surface area (Å²) in [5.41, 5.74) is 0. The first-order chi connectivity index (χ1) is 8.63. The van der Waals surface area contributed by atoms with Crippen LogP contribution in [-0.2, 0) is 6.54 Å². The highest BCUT2D eigenvalue weighted by molar-refractivity contribution is 6.32. The van der Waals surface area contributed by atoms with E-state index < -0.39 is 4.92 Å². The maximum atomic E-state index is 10.6. The second-order valence-corrected chi connectivity index (χ2v) is 4.48. The van der Waals surface area contributed by atoms with Gasteiger partial charge in [-0.1, -0.05) is 16.8 Å². The van der Waals surface area contributed by atoms with Crippen molar-refractivity contribution in [2.75, 3.05) is 0 Å². The van der Waals surface area contributed by atoms with Crippen molar-refractivity contribution < 1.29 is 9.45 Å². The number of nitrogens with zero attached hydrogens (tertiary/aromatic N) is 5. The normalized spacial score (nSPS) is 14.9. The molecule has 0 N–H and O–H groups in total. The smallest absolute Gasteiger partial charge is 0.358 e. The van der Waals surface area contributed by atoms with Crippen LogP contribution in [0.3, 0.4) is 0 Å². The molecule has 3 rings (SSSR count). The molecule has 1 saturated carbocycles. The topological polar surface area (TPSA) is 99.9 Å². The maximum Gasteiger partial charge on any atom is 0.408 e. The Kier molecular flexibility index (Phi) is 2.51. The van der Waals surface area contributed by atoms with Gasteiger partial charge in [0.15, 0.2) is 10.8 Å². The van der Waals surface area contributed by atoms with Crippen LogP contribution < -0.4 is 0 Å². The molecule has 94 valence electrons. The fourth-order valence-electron chi connectivity index (χ4n) is 1.57. The Bertz CT molecular complexity index is 603. The maximum absolute atomic E-state index is 10.6. The van der Waals surface area contributed by atoms with E-state index in [2.05, 4.69) is 15.2 Å². The van der Waals surface area contributed by atoms with E-state index in [4.69, 9.17) is 16.1 Å². The van der Waals surface area contributed by atoms with Crippen molar-refractivity contribution in [1.29, 1.82) is 0 Å². The van der Waals surface area contributed by atoms with Crippen molar-refractivity contribution in [1.82, 2.24) is 19.9 Å². The Morgan fingerprint density at radius 3 is 3.00 bits per heavy atom. The van der Waals surface area contributed by atoms with E-state index in [1.54, 1.807) is 0 Å². The van der Waals surface area contributed by atoms with E-state index in [0.29, 0.717) is 17.6 Å². The molecule has 0 spiro atoms. The summed E-state index contributed by atoms with van der Waals surface area (Å²) in [5, 5.41) is 18.1. The quantitative estimate of drug-likeness (QED) is 0.619. The Labute approximate surface area is 106 Å². The summed E-state index contributed by atoms with van der Waals surface area (Å²) in [4.78, 5) is 14.1. The third-order valence-corrected chi connectivity index (χ3v) is 2.86. The zero-order valence-electron chi connectivity index (χ0n) is 9.11. The first-order valence-electron chi connectivity index (χ1n) is 5.33. The molecule has 0 radical (unpaired) electrons. The second-order valence-electron chi connectivity index (χ2n) is 4.08. The van der Waals surface area contributed by atoms with E-state index in [9.17, 15) is 10.1 Å². The lowest BCUT2D eigenvalue weighted by atomic mass is 10.4. The first-order valence-corrected chi connectivity index (χ1v) is 5.71. The van der Waals surface area contributed by atoms with Gasteiger partial charge in [0.1, 0.15) is 6.54 Å². The summed E-state index contributed by atoms with van der Waals surface area (Å²) < 4.78 is 6.35. The van der Waals surface area contributed by atoms with E-state index in [-0.39, 0.29) is 17.4 Å². The molecule has 1 aliphatic rings. The van der Waals surface area contributed by atoms with Crippen LogP contribution >= 0.6 is 11.6 Å². The number of halogens is 1. The molecule has 0 bridgehead atoms. The van der Waals surface area contributed by atoms with Gasteiger partial charge in [0.05, 0.1) is 11.3 Å². The largest absolute Gasteiger partial charge is 0.408 e. The highest BCUT2D eigenvalue weighted by atomic mass is 35.5. The number of rotatable bonds is 4. The van der Waals surface area contributed by atoms with Crippen molar-refractivity contribution in [3.05, 3.63) is 33.0 Å². The number of nitro groups is 1. The molecule has 2 aromatic heterocycles. The van der Waals surface area contributed by atoms with Gasteiger partial charge in [0, 0.05) is 5.92 Å².